The first-order chi connectivity index (χ1) is 9.26. The van der Waals surface area contributed by atoms with Crippen molar-refractivity contribution in [3.05, 3.63) is 71.5 Å². The zero-order valence-corrected chi connectivity index (χ0v) is 11.1. The van der Waals surface area contributed by atoms with E-state index in [4.69, 9.17) is 0 Å². The molecule has 1 saturated carbocycles. The molecule has 0 amide bonds. The van der Waals surface area contributed by atoms with Gasteiger partial charge in [0, 0.05) is 11.5 Å². The predicted molar refractivity (Wildman–Crippen MR) is 75.6 cm³/mol. The standard InChI is InChI=1S/C17H18FN/c1-19-16(13-6-5-9-15(18)12-13)17(10-11-17)14-7-3-2-4-8-14/h2-9,12,16,19H,10-11H2,1H3. The van der Waals surface area contributed by atoms with E-state index < -0.39 is 0 Å². The number of rotatable bonds is 4. The monoisotopic (exact) mass is 255 g/mol. The van der Waals surface area contributed by atoms with Crippen molar-refractivity contribution in [3.8, 4) is 0 Å². The third-order valence-electron chi connectivity index (χ3n) is 4.16. The molecular weight excluding hydrogens is 237 g/mol. The number of hydrogen-bond acceptors (Lipinski definition) is 1. The van der Waals surface area contributed by atoms with Gasteiger partial charge in [-0.05, 0) is 43.1 Å². The molecule has 0 aliphatic heterocycles. The van der Waals surface area contributed by atoms with Gasteiger partial charge in [-0.2, -0.15) is 0 Å². The third kappa shape index (κ3) is 2.17. The molecule has 1 fully saturated rings. The molecule has 0 heterocycles. The summed E-state index contributed by atoms with van der Waals surface area (Å²) < 4.78 is 13.4. The van der Waals surface area contributed by atoms with Gasteiger partial charge in [-0.15, -0.1) is 0 Å². The second kappa shape index (κ2) is 4.78. The van der Waals surface area contributed by atoms with Crippen LogP contribution in [0.1, 0.15) is 30.0 Å². The number of nitrogens with one attached hydrogen (secondary N) is 1. The molecule has 98 valence electrons. The van der Waals surface area contributed by atoms with Crippen LogP contribution in [0.4, 0.5) is 4.39 Å². The summed E-state index contributed by atoms with van der Waals surface area (Å²) >= 11 is 0. The summed E-state index contributed by atoms with van der Waals surface area (Å²) in [5.41, 5.74) is 2.51. The molecule has 1 aliphatic rings. The second-order valence-electron chi connectivity index (χ2n) is 5.30. The third-order valence-corrected chi connectivity index (χ3v) is 4.16. The highest BCUT2D eigenvalue weighted by molar-refractivity contribution is 5.38. The van der Waals surface area contributed by atoms with E-state index in [-0.39, 0.29) is 17.3 Å². The van der Waals surface area contributed by atoms with Crippen molar-refractivity contribution in [1.29, 1.82) is 0 Å². The van der Waals surface area contributed by atoms with Crippen LogP contribution in [0.25, 0.3) is 0 Å². The van der Waals surface area contributed by atoms with Gasteiger partial charge in [0.2, 0.25) is 0 Å². The predicted octanol–water partition coefficient (Wildman–Crippen LogP) is 3.82. The Morgan fingerprint density at radius 2 is 1.79 bits per heavy atom. The van der Waals surface area contributed by atoms with Gasteiger partial charge in [0.15, 0.2) is 0 Å². The van der Waals surface area contributed by atoms with Gasteiger partial charge in [0.1, 0.15) is 5.82 Å². The normalized spacial score (nSPS) is 18.0. The van der Waals surface area contributed by atoms with Crippen LogP contribution >= 0.6 is 0 Å². The Morgan fingerprint density at radius 3 is 2.37 bits per heavy atom. The first-order valence-corrected chi connectivity index (χ1v) is 6.74. The lowest BCUT2D eigenvalue weighted by atomic mass is 9.84. The van der Waals surface area contributed by atoms with E-state index in [1.807, 2.05) is 19.2 Å². The van der Waals surface area contributed by atoms with E-state index in [9.17, 15) is 4.39 Å². The van der Waals surface area contributed by atoms with Crippen molar-refractivity contribution < 1.29 is 4.39 Å². The topological polar surface area (TPSA) is 12.0 Å². The molecular formula is C17H18FN. The molecule has 3 rings (SSSR count). The van der Waals surface area contributed by atoms with Gasteiger partial charge in [-0.3, -0.25) is 0 Å². The minimum Gasteiger partial charge on any atom is -0.312 e. The van der Waals surface area contributed by atoms with Crippen LogP contribution in [0.15, 0.2) is 54.6 Å². The van der Waals surface area contributed by atoms with Crippen LogP contribution in [-0.4, -0.2) is 7.05 Å². The maximum Gasteiger partial charge on any atom is 0.123 e. The van der Waals surface area contributed by atoms with Crippen molar-refractivity contribution in [2.24, 2.45) is 0 Å². The van der Waals surface area contributed by atoms with Crippen molar-refractivity contribution in [1.82, 2.24) is 5.32 Å². The molecule has 0 aromatic heterocycles. The van der Waals surface area contributed by atoms with E-state index in [1.54, 1.807) is 12.1 Å². The molecule has 0 bridgehead atoms. The summed E-state index contributed by atoms with van der Waals surface area (Å²) in [4.78, 5) is 0. The molecule has 19 heavy (non-hydrogen) atoms. The van der Waals surface area contributed by atoms with Crippen LogP contribution in [0.5, 0.6) is 0 Å². The molecule has 1 unspecified atom stereocenters. The Labute approximate surface area is 113 Å². The first kappa shape index (κ1) is 12.4. The summed E-state index contributed by atoms with van der Waals surface area (Å²) in [6.45, 7) is 0. The first-order valence-electron chi connectivity index (χ1n) is 6.74. The number of benzene rings is 2. The molecule has 1 nitrogen and oxygen atoms in total. The lowest BCUT2D eigenvalue weighted by Gasteiger charge is -2.28. The molecule has 0 radical (unpaired) electrons. The molecule has 1 atom stereocenters. The lowest BCUT2D eigenvalue weighted by Crippen LogP contribution is -2.29. The summed E-state index contributed by atoms with van der Waals surface area (Å²) in [7, 11) is 1.96. The van der Waals surface area contributed by atoms with Gasteiger partial charge < -0.3 is 5.32 Å². The highest BCUT2D eigenvalue weighted by Crippen LogP contribution is 2.56. The Kier molecular flexibility index (Phi) is 3.11. The fourth-order valence-electron chi connectivity index (χ4n) is 3.10. The van der Waals surface area contributed by atoms with E-state index in [0.717, 1.165) is 18.4 Å². The number of likely N-dealkylation sites (N-methyl/N-ethyl adjacent to an activating group) is 1. The van der Waals surface area contributed by atoms with Crippen molar-refractivity contribution in [2.45, 2.75) is 24.3 Å². The Hall–Kier alpha value is -1.67. The quantitative estimate of drug-likeness (QED) is 0.875. The SMILES string of the molecule is CNC(c1cccc(F)c1)C1(c2ccccc2)CC1. The van der Waals surface area contributed by atoms with Gasteiger partial charge >= 0.3 is 0 Å². The van der Waals surface area contributed by atoms with E-state index in [1.165, 1.54) is 11.6 Å². The van der Waals surface area contributed by atoms with E-state index >= 15 is 0 Å². The molecule has 1 N–H and O–H groups in total. The zero-order valence-electron chi connectivity index (χ0n) is 11.1. The molecule has 2 aromatic carbocycles. The summed E-state index contributed by atoms with van der Waals surface area (Å²) in [6.07, 6.45) is 2.30. The summed E-state index contributed by atoms with van der Waals surface area (Å²) in [6, 6.07) is 17.7. The Balaban J connectivity index is 1.99. The van der Waals surface area contributed by atoms with Crippen LogP contribution in [0.2, 0.25) is 0 Å². The Morgan fingerprint density at radius 1 is 1.05 bits per heavy atom. The highest BCUT2D eigenvalue weighted by atomic mass is 19.1. The van der Waals surface area contributed by atoms with Crippen LogP contribution in [0, 0.1) is 5.82 Å². The van der Waals surface area contributed by atoms with E-state index in [0.29, 0.717) is 0 Å². The average Bonchev–Trinajstić information content (AvgIpc) is 3.22. The maximum atomic E-state index is 13.4. The smallest absolute Gasteiger partial charge is 0.123 e. The molecule has 2 aromatic rings. The summed E-state index contributed by atoms with van der Waals surface area (Å²) in [5, 5.41) is 3.38. The van der Waals surface area contributed by atoms with Crippen molar-refractivity contribution >= 4 is 0 Å². The van der Waals surface area contributed by atoms with Crippen LogP contribution in [-0.2, 0) is 5.41 Å². The van der Waals surface area contributed by atoms with Crippen molar-refractivity contribution in [3.63, 3.8) is 0 Å². The average molecular weight is 255 g/mol. The molecule has 2 heteroatoms. The number of halogens is 1. The van der Waals surface area contributed by atoms with Gasteiger partial charge in [0.25, 0.3) is 0 Å². The largest absolute Gasteiger partial charge is 0.312 e. The molecule has 1 aliphatic carbocycles. The minimum absolute atomic E-state index is 0.129. The van der Waals surface area contributed by atoms with Gasteiger partial charge in [0.05, 0.1) is 0 Å². The van der Waals surface area contributed by atoms with Crippen LogP contribution < -0.4 is 5.32 Å². The van der Waals surface area contributed by atoms with E-state index in [2.05, 4.69) is 29.6 Å². The fourth-order valence-corrected chi connectivity index (χ4v) is 3.10. The highest BCUT2D eigenvalue weighted by Gasteiger charge is 2.50. The van der Waals surface area contributed by atoms with Gasteiger partial charge in [-0.25, -0.2) is 4.39 Å². The summed E-state index contributed by atoms with van der Waals surface area (Å²) in [5.74, 6) is -0.165. The second-order valence-corrected chi connectivity index (χ2v) is 5.30. The maximum absolute atomic E-state index is 13.4. The van der Waals surface area contributed by atoms with Gasteiger partial charge in [-0.1, -0.05) is 42.5 Å². The number of hydrogen-bond donors (Lipinski definition) is 1. The van der Waals surface area contributed by atoms with Crippen LogP contribution in [0.3, 0.4) is 0 Å². The van der Waals surface area contributed by atoms with Crippen molar-refractivity contribution in [2.75, 3.05) is 7.05 Å². The molecule has 0 spiro atoms. The minimum atomic E-state index is -0.165. The fraction of sp³-hybridized carbons (Fsp3) is 0.294. The lowest BCUT2D eigenvalue weighted by molar-refractivity contribution is 0.460. The zero-order chi connectivity index (χ0) is 13.3. The Bertz CT molecular complexity index is 560. The molecule has 0 saturated heterocycles.